The Bertz CT molecular complexity index is 875. The van der Waals surface area contributed by atoms with Crippen molar-refractivity contribution in [1.82, 2.24) is 4.90 Å². The lowest BCUT2D eigenvalue weighted by atomic mass is 10.2. The van der Waals surface area contributed by atoms with Crippen molar-refractivity contribution < 1.29 is 19.1 Å². The van der Waals surface area contributed by atoms with E-state index >= 15 is 0 Å². The predicted molar refractivity (Wildman–Crippen MR) is 118 cm³/mol. The topological polar surface area (TPSA) is 71.4 Å². The number of carbonyl (C=O) groups is 2. The number of halogens is 1. The normalized spacial score (nSPS) is 21.1. The van der Waals surface area contributed by atoms with Crippen LogP contribution < -0.4 is 5.01 Å². The molecule has 0 unspecified atom stereocenters. The van der Waals surface area contributed by atoms with Gasteiger partial charge in [-0.1, -0.05) is 36.7 Å². The van der Waals surface area contributed by atoms with Gasteiger partial charge in [-0.05, 0) is 49.4 Å². The zero-order chi connectivity index (χ0) is 21.2. The summed E-state index contributed by atoms with van der Waals surface area (Å²) >= 11 is 8.62. The summed E-state index contributed by atoms with van der Waals surface area (Å²) in [6, 6.07) is 7.16. The van der Waals surface area contributed by atoms with Crippen molar-refractivity contribution in [2.75, 3.05) is 25.8 Å². The van der Waals surface area contributed by atoms with Crippen molar-refractivity contribution in [2.24, 2.45) is 5.10 Å². The minimum atomic E-state index is -0.885. The summed E-state index contributed by atoms with van der Waals surface area (Å²) in [5, 5.41) is 7.07. The number of hydrazone groups is 1. The van der Waals surface area contributed by atoms with Gasteiger partial charge in [-0.3, -0.25) is 0 Å². The highest BCUT2D eigenvalue weighted by atomic mass is 35.5. The average molecular weight is 456 g/mol. The minimum Gasteiger partial charge on any atom is -0.464 e. The number of methoxy groups -OCH3 is 1. The number of nitrogens with zero attached hydrogens (tertiary/aromatic N) is 3. The third-order valence-electron chi connectivity index (χ3n) is 4.39. The van der Waals surface area contributed by atoms with Gasteiger partial charge in [-0.2, -0.15) is 5.10 Å². The summed E-state index contributed by atoms with van der Waals surface area (Å²) in [6.45, 7) is 4.12. The van der Waals surface area contributed by atoms with E-state index in [1.807, 2.05) is 24.1 Å². The SMILES string of the molecule is CCCC1=C(C(=O)OCC)S[C@]2(SC(C(=O)OC)=NN2c2ccc(Cl)cc2)N1C. The molecule has 0 amide bonds. The molecule has 0 aromatic heterocycles. The summed E-state index contributed by atoms with van der Waals surface area (Å²) in [4.78, 5) is 27.5. The molecule has 0 fully saturated rings. The number of anilines is 1. The highest BCUT2D eigenvalue weighted by Crippen LogP contribution is 2.59. The van der Waals surface area contributed by atoms with E-state index in [4.69, 9.17) is 21.1 Å². The summed E-state index contributed by atoms with van der Waals surface area (Å²) < 4.78 is 9.29. The third-order valence-corrected chi connectivity index (χ3v) is 7.62. The van der Waals surface area contributed by atoms with Gasteiger partial charge in [-0.25, -0.2) is 14.6 Å². The first kappa shape index (κ1) is 21.9. The van der Waals surface area contributed by atoms with Crippen molar-refractivity contribution in [3.05, 3.63) is 39.9 Å². The highest BCUT2D eigenvalue weighted by Gasteiger charge is 2.57. The molecule has 0 bridgehead atoms. The van der Waals surface area contributed by atoms with Crippen LogP contribution in [0, 0.1) is 0 Å². The molecule has 0 N–H and O–H groups in total. The van der Waals surface area contributed by atoms with Crippen LogP contribution in [0.1, 0.15) is 26.7 Å². The van der Waals surface area contributed by atoms with E-state index in [1.54, 1.807) is 24.1 Å². The fourth-order valence-electron chi connectivity index (χ4n) is 3.05. The molecule has 2 aliphatic rings. The predicted octanol–water partition coefficient (Wildman–Crippen LogP) is 4.24. The molecular weight excluding hydrogens is 434 g/mol. The van der Waals surface area contributed by atoms with Crippen LogP contribution in [-0.2, 0) is 19.1 Å². The van der Waals surface area contributed by atoms with Gasteiger partial charge in [0.15, 0.2) is 0 Å². The van der Waals surface area contributed by atoms with Gasteiger partial charge in [0.05, 0.1) is 19.4 Å². The standard InChI is InChI=1S/C19H22ClN3O4S2/c1-5-7-14-15(17(24)27-6-2)28-19(22(14)3)23(13-10-8-12(20)9-11-13)21-16(29-19)18(25)26-4/h8-11H,5-7H2,1-4H3/t19-/m0/s1. The number of thioether (sulfide) groups is 2. The van der Waals surface area contributed by atoms with E-state index in [0.29, 0.717) is 16.3 Å². The maximum atomic E-state index is 12.7. The van der Waals surface area contributed by atoms with E-state index in [0.717, 1.165) is 17.8 Å². The van der Waals surface area contributed by atoms with Gasteiger partial charge in [0.25, 0.3) is 0 Å². The Kier molecular flexibility index (Phi) is 6.70. The van der Waals surface area contributed by atoms with Crippen LogP contribution in [0.2, 0.25) is 5.02 Å². The molecular formula is C19H22ClN3O4S2. The molecule has 0 saturated carbocycles. The van der Waals surface area contributed by atoms with Crippen LogP contribution in [0.4, 0.5) is 5.69 Å². The van der Waals surface area contributed by atoms with Crippen LogP contribution in [0.25, 0.3) is 0 Å². The second-order valence-electron chi connectivity index (χ2n) is 6.24. The minimum absolute atomic E-state index is 0.211. The number of hydrogen-bond donors (Lipinski definition) is 0. The largest absolute Gasteiger partial charge is 0.464 e. The van der Waals surface area contributed by atoms with Gasteiger partial charge in [0.1, 0.15) is 4.91 Å². The molecule has 1 atom stereocenters. The molecule has 1 aromatic carbocycles. The van der Waals surface area contributed by atoms with Gasteiger partial charge in [-0.15, -0.1) is 0 Å². The molecule has 29 heavy (non-hydrogen) atoms. The number of hydrogen-bond acceptors (Lipinski definition) is 9. The number of ether oxygens (including phenoxy) is 2. The fraction of sp³-hybridized carbons (Fsp3) is 0.421. The van der Waals surface area contributed by atoms with E-state index in [2.05, 4.69) is 12.0 Å². The van der Waals surface area contributed by atoms with Crippen LogP contribution in [0.3, 0.4) is 0 Å². The lowest BCUT2D eigenvalue weighted by Crippen LogP contribution is -2.47. The lowest BCUT2D eigenvalue weighted by Gasteiger charge is -2.39. The van der Waals surface area contributed by atoms with Crippen molar-refractivity contribution >= 4 is 57.8 Å². The van der Waals surface area contributed by atoms with Crippen molar-refractivity contribution in [3.8, 4) is 0 Å². The van der Waals surface area contributed by atoms with Gasteiger partial charge in [0.2, 0.25) is 9.37 Å². The number of esters is 2. The molecule has 1 aromatic rings. The first-order valence-electron chi connectivity index (χ1n) is 9.12. The number of rotatable bonds is 6. The van der Waals surface area contributed by atoms with Crippen LogP contribution >= 0.6 is 35.1 Å². The second kappa shape index (κ2) is 8.89. The van der Waals surface area contributed by atoms with E-state index in [1.165, 1.54) is 30.6 Å². The van der Waals surface area contributed by atoms with Crippen molar-refractivity contribution in [1.29, 1.82) is 0 Å². The number of benzene rings is 1. The first-order valence-corrected chi connectivity index (χ1v) is 11.1. The molecule has 156 valence electrons. The monoisotopic (exact) mass is 455 g/mol. The molecule has 3 rings (SSSR count). The summed E-state index contributed by atoms with van der Waals surface area (Å²) in [7, 11) is 3.22. The summed E-state index contributed by atoms with van der Waals surface area (Å²) in [5.74, 6) is -0.894. The number of carbonyl (C=O) groups excluding carboxylic acids is 2. The van der Waals surface area contributed by atoms with Crippen LogP contribution in [-0.4, -0.2) is 47.0 Å². The Morgan fingerprint density at radius 3 is 2.45 bits per heavy atom. The Labute approximate surface area is 183 Å². The third kappa shape index (κ3) is 3.95. The Balaban J connectivity index is 2.07. The molecule has 0 aliphatic carbocycles. The molecule has 2 heterocycles. The lowest BCUT2D eigenvalue weighted by molar-refractivity contribution is -0.137. The van der Waals surface area contributed by atoms with Gasteiger partial charge >= 0.3 is 11.9 Å². The maximum Gasteiger partial charge on any atom is 0.365 e. The first-order chi connectivity index (χ1) is 13.9. The van der Waals surface area contributed by atoms with Crippen molar-refractivity contribution in [2.45, 2.75) is 31.0 Å². The number of allylic oxidation sites excluding steroid dienone is 1. The molecule has 7 nitrogen and oxygen atoms in total. The van der Waals surface area contributed by atoms with E-state index < -0.39 is 10.3 Å². The smallest absolute Gasteiger partial charge is 0.365 e. The maximum absolute atomic E-state index is 12.7. The molecule has 0 radical (unpaired) electrons. The average Bonchev–Trinajstić information content (AvgIpc) is 3.23. The highest BCUT2D eigenvalue weighted by molar-refractivity contribution is 8.28. The fourth-order valence-corrected chi connectivity index (χ4v) is 6.09. The zero-order valence-electron chi connectivity index (χ0n) is 16.6. The molecule has 1 spiro atoms. The summed E-state index contributed by atoms with van der Waals surface area (Å²) in [5.41, 5.74) is 1.60. The molecule has 2 aliphatic heterocycles. The molecule has 0 saturated heterocycles. The van der Waals surface area contributed by atoms with Crippen LogP contribution in [0.15, 0.2) is 40.0 Å². The van der Waals surface area contributed by atoms with Crippen LogP contribution in [0.5, 0.6) is 0 Å². The Morgan fingerprint density at radius 2 is 1.86 bits per heavy atom. The summed E-state index contributed by atoms with van der Waals surface area (Å²) in [6.07, 6.45) is 1.55. The zero-order valence-corrected chi connectivity index (χ0v) is 19.0. The van der Waals surface area contributed by atoms with Crippen molar-refractivity contribution in [3.63, 3.8) is 0 Å². The quantitative estimate of drug-likeness (QED) is 0.589. The van der Waals surface area contributed by atoms with Gasteiger partial charge < -0.3 is 14.4 Å². The Morgan fingerprint density at radius 1 is 1.17 bits per heavy atom. The Hall–Kier alpha value is -1.84. The van der Waals surface area contributed by atoms with E-state index in [-0.39, 0.29) is 17.6 Å². The van der Waals surface area contributed by atoms with Gasteiger partial charge in [0, 0.05) is 17.8 Å². The van der Waals surface area contributed by atoms with E-state index in [9.17, 15) is 9.59 Å². The molecule has 10 heteroatoms. The second-order valence-corrected chi connectivity index (χ2v) is 9.28.